The zero-order valence-corrected chi connectivity index (χ0v) is 54.9. The van der Waals surface area contributed by atoms with Gasteiger partial charge in [-0.05, 0) is 116 Å². The Kier molecular flexibility index (Phi) is 67.7. The Labute approximate surface area is 515 Å². The fraction of sp³-hybridized carbons (Fsp3) is 0.753. The molecule has 0 saturated heterocycles. The maximum Gasteiger partial charge on any atom is 0.306 e. The number of hydrogen-bond donors (Lipinski definition) is 0. The van der Waals surface area contributed by atoms with Gasteiger partial charge in [0, 0.05) is 19.3 Å². The lowest BCUT2D eigenvalue weighted by molar-refractivity contribution is -0.167. The van der Waals surface area contributed by atoms with Crippen molar-refractivity contribution in [2.24, 2.45) is 0 Å². The first-order chi connectivity index (χ1) is 41.0. The van der Waals surface area contributed by atoms with Crippen LogP contribution >= 0.6 is 0 Å². The van der Waals surface area contributed by atoms with Gasteiger partial charge in [0.15, 0.2) is 6.10 Å². The Morgan fingerprint density at radius 2 is 0.482 bits per heavy atom. The summed E-state index contributed by atoms with van der Waals surface area (Å²) in [5, 5.41) is 0. The molecule has 0 aromatic heterocycles. The van der Waals surface area contributed by atoms with E-state index in [0.717, 1.165) is 116 Å². The van der Waals surface area contributed by atoms with Crippen LogP contribution in [0.25, 0.3) is 0 Å². The quantitative estimate of drug-likeness (QED) is 0.0261. The molecule has 478 valence electrons. The average Bonchev–Trinajstić information content (AvgIpc) is 3.48. The first kappa shape index (κ1) is 79.3. The van der Waals surface area contributed by atoms with Crippen LogP contribution in [-0.2, 0) is 28.6 Å². The van der Waals surface area contributed by atoms with Crippen molar-refractivity contribution in [2.75, 3.05) is 13.2 Å². The summed E-state index contributed by atoms with van der Waals surface area (Å²) >= 11 is 0. The molecule has 0 aliphatic heterocycles. The first-order valence-corrected chi connectivity index (χ1v) is 35.7. The number of unbranched alkanes of at least 4 members (excludes halogenated alkanes) is 38. The third-order valence-corrected chi connectivity index (χ3v) is 15.5. The van der Waals surface area contributed by atoms with Gasteiger partial charge in [0.05, 0.1) is 0 Å². The highest BCUT2D eigenvalue weighted by Crippen LogP contribution is 2.17. The van der Waals surface area contributed by atoms with Gasteiger partial charge in [0.2, 0.25) is 0 Å². The highest BCUT2D eigenvalue weighted by molar-refractivity contribution is 5.71. The minimum atomic E-state index is -0.790. The van der Waals surface area contributed by atoms with Crippen LogP contribution in [0.2, 0.25) is 0 Å². The smallest absolute Gasteiger partial charge is 0.306 e. The molecule has 0 aliphatic carbocycles. The molecule has 0 heterocycles. The first-order valence-electron chi connectivity index (χ1n) is 35.7. The van der Waals surface area contributed by atoms with Gasteiger partial charge >= 0.3 is 17.9 Å². The van der Waals surface area contributed by atoms with E-state index in [1.807, 2.05) is 0 Å². The molecule has 0 amide bonds. The molecule has 0 aromatic carbocycles. The number of allylic oxidation sites excluding steroid dienone is 16. The number of esters is 3. The van der Waals surface area contributed by atoms with Gasteiger partial charge in [-0.25, -0.2) is 0 Å². The molecule has 0 radical (unpaired) electrons. The van der Waals surface area contributed by atoms with E-state index in [1.165, 1.54) is 199 Å². The van der Waals surface area contributed by atoms with E-state index in [9.17, 15) is 14.4 Å². The second-order valence-corrected chi connectivity index (χ2v) is 23.8. The second-order valence-electron chi connectivity index (χ2n) is 23.8. The third kappa shape index (κ3) is 69.0. The van der Waals surface area contributed by atoms with E-state index in [-0.39, 0.29) is 31.1 Å². The topological polar surface area (TPSA) is 78.9 Å². The van der Waals surface area contributed by atoms with Crippen molar-refractivity contribution >= 4 is 17.9 Å². The molecule has 0 N–H and O–H groups in total. The normalized spacial score (nSPS) is 12.7. The lowest BCUT2D eigenvalue weighted by Crippen LogP contribution is -2.30. The summed E-state index contributed by atoms with van der Waals surface area (Å²) in [6, 6.07) is 0. The molecule has 0 saturated carbocycles. The van der Waals surface area contributed by atoms with E-state index in [2.05, 4.69) is 118 Å². The van der Waals surface area contributed by atoms with Crippen molar-refractivity contribution in [3.05, 3.63) is 97.2 Å². The maximum atomic E-state index is 12.9. The highest BCUT2D eigenvalue weighted by Gasteiger charge is 2.19. The minimum absolute atomic E-state index is 0.0841. The summed E-state index contributed by atoms with van der Waals surface area (Å²) in [5.74, 6) is -0.895. The third-order valence-electron chi connectivity index (χ3n) is 15.5. The molecule has 1 atom stereocenters. The summed E-state index contributed by atoms with van der Waals surface area (Å²) in [7, 11) is 0. The Morgan fingerprint density at radius 3 is 0.783 bits per heavy atom. The average molecular weight is 1160 g/mol. The molecule has 0 aliphatic rings. The predicted octanol–water partition coefficient (Wildman–Crippen LogP) is 24.8. The van der Waals surface area contributed by atoms with Crippen LogP contribution < -0.4 is 0 Å². The van der Waals surface area contributed by atoms with Crippen molar-refractivity contribution in [3.63, 3.8) is 0 Å². The number of rotatable bonds is 65. The zero-order chi connectivity index (χ0) is 59.9. The monoisotopic (exact) mass is 1160 g/mol. The second kappa shape index (κ2) is 70.8. The molecule has 0 bridgehead atoms. The van der Waals surface area contributed by atoms with Gasteiger partial charge in [0.1, 0.15) is 13.2 Å². The highest BCUT2D eigenvalue weighted by atomic mass is 16.6. The SMILES string of the molecule is CC/C=C\C/C=C\C/C=C\C/C=C\C/C=C\C/C=C\CCCCCCCCC(=O)OC(COC(=O)CCCCCCC/C=C\CCCC)COC(=O)CCCCCCCCCCCCCCCCCCC/C=C\CCCCCCCCCC. The molecule has 83 heavy (non-hydrogen) atoms. The van der Waals surface area contributed by atoms with Crippen molar-refractivity contribution in [1.29, 1.82) is 0 Å². The lowest BCUT2D eigenvalue weighted by Gasteiger charge is -2.18. The van der Waals surface area contributed by atoms with Gasteiger partial charge in [-0.2, -0.15) is 0 Å². The van der Waals surface area contributed by atoms with E-state index in [4.69, 9.17) is 14.2 Å². The Balaban J connectivity index is 4.23. The number of hydrogen-bond acceptors (Lipinski definition) is 6. The number of carbonyl (C=O) groups excluding carboxylic acids is 3. The van der Waals surface area contributed by atoms with Crippen LogP contribution in [-0.4, -0.2) is 37.2 Å². The van der Waals surface area contributed by atoms with E-state index >= 15 is 0 Å². The van der Waals surface area contributed by atoms with Gasteiger partial charge in [-0.3, -0.25) is 14.4 Å². The van der Waals surface area contributed by atoms with Gasteiger partial charge in [-0.1, -0.05) is 317 Å². The van der Waals surface area contributed by atoms with Crippen molar-refractivity contribution in [2.45, 2.75) is 361 Å². The Morgan fingerprint density at radius 1 is 0.253 bits per heavy atom. The Bertz CT molecular complexity index is 1610. The molecule has 0 fully saturated rings. The summed E-state index contributed by atoms with van der Waals surface area (Å²) in [4.78, 5) is 38.4. The van der Waals surface area contributed by atoms with Crippen molar-refractivity contribution in [3.8, 4) is 0 Å². The van der Waals surface area contributed by atoms with Gasteiger partial charge in [0.25, 0.3) is 0 Å². The number of carbonyl (C=O) groups is 3. The zero-order valence-electron chi connectivity index (χ0n) is 54.9. The van der Waals surface area contributed by atoms with Crippen LogP contribution in [0.5, 0.6) is 0 Å². The van der Waals surface area contributed by atoms with E-state index < -0.39 is 6.10 Å². The van der Waals surface area contributed by atoms with Gasteiger partial charge < -0.3 is 14.2 Å². The minimum Gasteiger partial charge on any atom is -0.462 e. The summed E-state index contributed by atoms with van der Waals surface area (Å²) in [6.07, 6.45) is 95.9. The summed E-state index contributed by atoms with van der Waals surface area (Å²) in [5.41, 5.74) is 0. The maximum absolute atomic E-state index is 12.9. The molecular weight excluding hydrogens is 1020 g/mol. The van der Waals surface area contributed by atoms with E-state index in [0.29, 0.717) is 19.3 Å². The molecule has 6 heteroatoms. The van der Waals surface area contributed by atoms with E-state index in [1.54, 1.807) is 0 Å². The van der Waals surface area contributed by atoms with Crippen LogP contribution in [0, 0.1) is 0 Å². The van der Waals surface area contributed by atoms with Crippen LogP contribution in [0.15, 0.2) is 97.2 Å². The lowest BCUT2D eigenvalue weighted by atomic mass is 10.0. The van der Waals surface area contributed by atoms with Crippen LogP contribution in [0.3, 0.4) is 0 Å². The predicted molar refractivity (Wildman–Crippen MR) is 362 cm³/mol. The fourth-order valence-electron chi connectivity index (χ4n) is 10.2. The molecule has 0 spiro atoms. The fourth-order valence-corrected chi connectivity index (χ4v) is 10.2. The van der Waals surface area contributed by atoms with Crippen LogP contribution in [0.1, 0.15) is 355 Å². The summed E-state index contributed by atoms with van der Waals surface area (Å²) in [6.45, 7) is 6.51. The molecular formula is C77H134O6. The van der Waals surface area contributed by atoms with Crippen LogP contribution in [0.4, 0.5) is 0 Å². The number of ether oxygens (including phenoxy) is 3. The van der Waals surface area contributed by atoms with Gasteiger partial charge in [-0.15, -0.1) is 0 Å². The standard InChI is InChI=1S/C77H134O6/c1-4-7-10-13-16-19-22-24-26-28-30-32-34-36-37-38-39-41-42-44-46-48-50-52-55-58-61-64-67-70-76(79)82-73-74(72-81-75(78)69-66-63-60-57-54-21-18-15-12-9-6-3)83-77(80)71-68-65-62-59-56-53-51-49-47-45-43-40-35-33-31-29-27-25-23-20-17-14-11-8-5-2/h8,11,15,17-18,20,25,27-28,30-31,33,40,43,47,49,74H,4-7,9-10,12-14,16,19,21-24,26,29,32,34-39,41-42,44-46,48,50-73H2,1-3H3/b11-8-,18-15-,20-17-,27-25-,30-28-,33-31-,43-40-,49-47-. The Hall–Kier alpha value is -3.67. The van der Waals surface area contributed by atoms with Crippen molar-refractivity contribution < 1.29 is 28.6 Å². The molecule has 0 aromatic rings. The largest absolute Gasteiger partial charge is 0.462 e. The molecule has 1 unspecified atom stereocenters. The van der Waals surface area contributed by atoms with Crippen molar-refractivity contribution in [1.82, 2.24) is 0 Å². The molecule has 6 nitrogen and oxygen atoms in total. The summed E-state index contributed by atoms with van der Waals surface area (Å²) < 4.78 is 16.9. The molecule has 0 rings (SSSR count).